The number of hydrogen-bond donors (Lipinski definition) is 0. The monoisotopic (exact) mass is 262 g/mol. The summed E-state index contributed by atoms with van der Waals surface area (Å²) in [6.45, 7) is 2.33. The maximum absolute atomic E-state index is 5.43. The summed E-state index contributed by atoms with van der Waals surface area (Å²) in [5.41, 5.74) is 1.90. The van der Waals surface area contributed by atoms with Crippen molar-refractivity contribution in [2.45, 2.75) is 18.9 Å². The second-order valence-electron chi connectivity index (χ2n) is 3.79. The Hall–Kier alpha value is -0.243. The van der Waals surface area contributed by atoms with E-state index in [1.807, 2.05) is 11.8 Å². The van der Waals surface area contributed by atoms with E-state index in [4.69, 9.17) is 22.8 Å². The van der Waals surface area contributed by atoms with Gasteiger partial charge in [0.25, 0.3) is 0 Å². The molecule has 100 valence electrons. The van der Waals surface area contributed by atoms with E-state index < -0.39 is 8.80 Å². The van der Waals surface area contributed by atoms with Crippen LogP contribution >= 0.6 is 0 Å². The molecule has 1 fully saturated rings. The van der Waals surface area contributed by atoms with Crippen LogP contribution in [-0.4, -0.2) is 56.1 Å². The van der Waals surface area contributed by atoms with Crippen LogP contribution in [0, 0.1) is 0 Å². The van der Waals surface area contributed by atoms with Crippen LogP contribution in [-0.2, 0) is 22.8 Å². The normalized spacial score (nSPS) is 20.1. The highest BCUT2D eigenvalue weighted by Crippen LogP contribution is 2.10. The lowest BCUT2D eigenvalue weighted by molar-refractivity contribution is 0.115. The predicted octanol–water partition coefficient (Wildman–Crippen LogP) is 1.16. The molecular weight excluding hydrogens is 240 g/mol. The molecular formula is C11H22O5Si. The Bertz CT molecular complexity index is 218. The fourth-order valence-electron chi connectivity index (χ4n) is 1.36. The highest BCUT2D eigenvalue weighted by atomic mass is 28.4. The molecule has 0 radical (unpaired) electrons. The average Bonchev–Trinajstić information content (AvgIpc) is 3.18. The van der Waals surface area contributed by atoms with Gasteiger partial charge in [-0.15, -0.1) is 0 Å². The number of allylic oxidation sites excluding steroid dienone is 1. The Morgan fingerprint density at radius 2 is 1.88 bits per heavy atom. The van der Waals surface area contributed by atoms with Gasteiger partial charge in [0, 0.05) is 27.9 Å². The Balaban J connectivity index is 2.05. The molecule has 1 rings (SSSR count). The summed E-state index contributed by atoms with van der Waals surface area (Å²) in [7, 11) is 2.26. The number of hydrogen-bond acceptors (Lipinski definition) is 5. The van der Waals surface area contributed by atoms with Gasteiger partial charge in [-0.05, 0) is 18.5 Å². The molecule has 0 bridgehead atoms. The molecule has 0 aromatic rings. The molecule has 1 unspecified atom stereocenters. The molecule has 1 saturated heterocycles. The summed E-state index contributed by atoms with van der Waals surface area (Å²) >= 11 is 0. The first-order valence-corrected chi connectivity index (χ1v) is 7.59. The third-order valence-corrected chi connectivity index (χ3v) is 4.89. The van der Waals surface area contributed by atoms with Crippen molar-refractivity contribution >= 4 is 8.80 Å². The number of ether oxygens (including phenoxy) is 2. The second kappa shape index (κ2) is 7.96. The fraction of sp³-hybridized carbons (Fsp3) is 0.818. The fourth-order valence-corrected chi connectivity index (χ4v) is 2.73. The van der Waals surface area contributed by atoms with Crippen LogP contribution in [0.25, 0.3) is 0 Å². The lowest BCUT2D eigenvalue weighted by Crippen LogP contribution is -2.40. The first-order valence-electron chi connectivity index (χ1n) is 5.79. The van der Waals surface area contributed by atoms with E-state index in [-0.39, 0.29) is 0 Å². The first kappa shape index (κ1) is 14.8. The average molecular weight is 262 g/mol. The van der Waals surface area contributed by atoms with Gasteiger partial charge in [0.15, 0.2) is 0 Å². The third-order valence-electron chi connectivity index (χ3n) is 2.54. The molecule has 1 heterocycles. The van der Waals surface area contributed by atoms with Crippen molar-refractivity contribution in [2.75, 3.05) is 41.2 Å². The molecule has 0 amide bonds. The SMILES string of the molecule is CO[Si](/C=C/CCCOCC1CO1)(OC)OC. The minimum atomic E-state index is -2.54. The Labute approximate surface area is 104 Å². The number of unbranched alkanes of at least 4 members (excludes halogenated alkanes) is 1. The van der Waals surface area contributed by atoms with Crippen molar-refractivity contribution in [3.8, 4) is 0 Å². The van der Waals surface area contributed by atoms with Gasteiger partial charge in [0.2, 0.25) is 0 Å². The predicted molar refractivity (Wildman–Crippen MR) is 65.7 cm³/mol. The largest absolute Gasteiger partial charge is 0.528 e. The molecule has 0 saturated carbocycles. The van der Waals surface area contributed by atoms with Crippen molar-refractivity contribution in [3.05, 3.63) is 11.8 Å². The van der Waals surface area contributed by atoms with Gasteiger partial charge in [-0.1, -0.05) is 6.08 Å². The smallest absolute Gasteiger partial charge is 0.379 e. The molecule has 0 aliphatic carbocycles. The topological polar surface area (TPSA) is 49.5 Å². The molecule has 0 N–H and O–H groups in total. The van der Waals surface area contributed by atoms with Gasteiger partial charge >= 0.3 is 8.80 Å². The standard InChI is InChI=1S/C11H22O5Si/c1-12-17(13-2,14-3)8-6-4-5-7-15-9-11-10-16-11/h6,8,11H,4-5,7,9-10H2,1-3H3/b8-6+. The summed E-state index contributed by atoms with van der Waals surface area (Å²) in [5.74, 6) is 0. The van der Waals surface area contributed by atoms with Gasteiger partial charge in [-0.3, -0.25) is 0 Å². The minimum absolute atomic E-state index is 0.348. The molecule has 0 aromatic heterocycles. The summed E-state index contributed by atoms with van der Waals surface area (Å²) in [6.07, 6.45) is 4.28. The van der Waals surface area contributed by atoms with Crippen molar-refractivity contribution in [1.82, 2.24) is 0 Å². The lowest BCUT2D eigenvalue weighted by atomic mass is 10.3. The van der Waals surface area contributed by atoms with E-state index in [2.05, 4.69) is 0 Å². The maximum Gasteiger partial charge on any atom is 0.528 e. The van der Waals surface area contributed by atoms with Crippen molar-refractivity contribution in [2.24, 2.45) is 0 Å². The van der Waals surface area contributed by atoms with Crippen LogP contribution in [0.5, 0.6) is 0 Å². The Morgan fingerprint density at radius 1 is 1.24 bits per heavy atom. The van der Waals surface area contributed by atoms with E-state index in [9.17, 15) is 0 Å². The number of rotatable bonds is 10. The van der Waals surface area contributed by atoms with Crippen LogP contribution in [0.15, 0.2) is 11.8 Å². The Morgan fingerprint density at radius 3 is 2.41 bits per heavy atom. The molecule has 5 nitrogen and oxygen atoms in total. The number of epoxide rings is 1. The zero-order valence-electron chi connectivity index (χ0n) is 10.8. The molecule has 0 aromatic carbocycles. The van der Waals surface area contributed by atoms with Crippen LogP contribution < -0.4 is 0 Å². The zero-order chi connectivity index (χ0) is 12.6. The zero-order valence-corrected chi connectivity index (χ0v) is 11.8. The minimum Gasteiger partial charge on any atom is -0.379 e. The van der Waals surface area contributed by atoms with Gasteiger partial charge in [0.1, 0.15) is 6.10 Å². The van der Waals surface area contributed by atoms with Gasteiger partial charge < -0.3 is 22.8 Å². The van der Waals surface area contributed by atoms with Crippen LogP contribution in [0.3, 0.4) is 0 Å². The molecule has 0 spiro atoms. The lowest BCUT2D eigenvalue weighted by Gasteiger charge is -2.20. The molecule has 1 aliphatic heterocycles. The first-order chi connectivity index (χ1) is 8.26. The second-order valence-corrected chi connectivity index (χ2v) is 6.56. The van der Waals surface area contributed by atoms with E-state index in [0.717, 1.165) is 32.7 Å². The Kier molecular flexibility index (Phi) is 6.94. The highest BCUT2D eigenvalue weighted by molar-refractivity contribution is 6.66. The molecule has 1 atom stereocenters. The van der Waals surface area contributed by atoms with E-state index >= 15 is 0 Å². The summed E-state index contributed by atoms with van der Waals surface area (Å²) in [4.78, 5) is 0. The van der Waals surface area contributed by atoms with Gasteiger partial charge in [-0.2, -0.15) is 0 Å². The summed E-state index contributed by atoms with van der Waals surface area (Å²) < 4.78 is 26.3. The van der Waals surface area contributed by atoms with Crippen molar-refractivity contribution in [1.29, 1.82) is 0 Å². The summed E-state index contributed by atoms with van der Waals surface area (Å²) in [6, 6.07) is 0. The van der Waals surface area contributed by atoms with Crippen LogP contribution in [0.2, 0.25) is 0 Å². The quantitative estimate of drug-likeness (QED) is 0.336. The van der Waals surface area contributed by atoms with Crippen LogP contribution in [0.4, 0.5) is 0 Å². The third kappa shape index (κ3) is 5.76. The maximum atomic E-state index is 5.43. The van der Waals surface area contributed by atoms with Crippen molar-refractivity contribution < 1.29 is 22.8 Å². The van der Waals surface area contributed by atoms with E-state index in [0.29, 0.717) is 6.10 Å². The van der Waals surface area contributed by atoms with Crippen LogP contribution in [0.1, 0.15) is 12.8 Å². The van der Waals surface area contributed by atoms with Gasteiger partial charge in [-0.25, -0.2) is 0 Å². The highest BCUT2D eigenvalue weighted by Gasteiger charge is 2.34. The van der Waals surface area contributed by atoms with E-state index in [1.165, 1.54) is 0 Å². The van der Waals surface area contributed by atoms with E-state index in [1.54, 1.807) is 21.3 Å². The molecule has 1 aliphatic rings. The van der Waals surface area contributed by atoms with Gasteiger partial charge in [0.05, 0.1) is 13.2 Å². The molecule has 6 heteroatoms. The van der Waals surface area contributed by atoms with Crippen molar-refractivity contribution in [3.63, 3.8) is 0 Å². The molecule has 17 heavy (non-hydrogen) atoms. The summed E-state index contributed by atoms with van der Waals surface area (Å²) in [5, 5.41) is 0.